The summed E-state index contributed by atoms with van der Waals surface area (Å²) in [5.41, 5.74) is -0.0674. The standard InChI is InChI=1S/C12H25NO2/c1-9-7-13(6-5-11(9)15)8-12(3,4)10(2)14/h9-11,14-15H,5-8H2,1-4H3. The highest BCUT2D eigenvalue weighted by Crippen LogP contribution is 2.25. The van der Waals surface area contributed by atoms with Gasteiger partial charge in [-0.1, -0.05) is 20.8 Å². The Morgan fingerprint density at radius 3 is 2.53 bits per heavy atom. The van der Waals surface area contributed by atoms with Crippen molar-refractivity contribution in [2.45, 2.75) is 46.3 Å². The van der Waals surface area contributed by atoms with E-state index in [1.165, 1.54) is 0 Å². The van der Waals surface area contributed by atoms with Crippen LogP contribution in [-0.2, 0) is 0 Å². The molecule has 1 heterocycles. The van der Waals surface area contributed by atoms with Gasteiger partial charge in [0.1, 0.15) is 0 Å². The number of aliphatic hydroxyl groups is 2. The van der Waals surface area contributed by atoms with Crippen LogP contribution in [0.15, 0.2) is 0 Å². The van der Waals surface area contributed by atoms with Crippen LogP contribution in [0.5, 0.6) is 0 Å². The van der Waals surface area contributed by atoms with E-state index in [0.29, 0.717) is 5.92 Å². The lowest BCUT2D eigenvalue weighted by Gasteiger charge is -2.40. The van der Waals surface area contributed by atoms with Gasteiger partial charge in [-0.3, -0.25) is 0 Å². The Labute approximate surface area is 93.1 Å². The molecule has 1 fully saturated rings. The second-order valence-corrected chi connectivity index (χ2v) is 5.73. The first-order valence-corrected chi connectivity index (χ1v) is 5.91. The first-order valence-electron chi connectivity index (χ1n) is 5.91. The first-order chi connectivity index (χ1) is 6.83. The van der Waals surface area contributed by atoms with Gasteiger partial charge in [-0.15, -0.1) is 0 Å². The number of piperidine rings is 1. The van der Waals surface area contributed by atoms with Gasteiger partial charge in [-0.2, -0.15) is 0 Å². The van der Waals surface area contributed by atoms with Crippen LogP contribution in [0.1, 0.15) is 34.1 Å². The largest absolute Gasteiger partial charge is 0.393 e. The topological polar surface area (TPSA) is 43.7 Å². The quantitative estimate of drug-likeness (QED) is 0.741. The third kappa shape index (κ3) is 3.44. The average molecular weight is 215 g/mol. The maximum atomic E-state index is 9.65. The summed E-state index contributed by atoms with van der Waals surface area (Å²) < 4.78 is 0. The first kappa shape index (κ1) is 12.9. The molecule has 0 aromatic rings. The zero-order valence-corrected chi connectivity index (χ0v) is 10.4. The number of rotatable bonds is 3. The zero-order valence-electron chi connectivity index (χ0n) is 10.4. The van der Waals surface area contributed by atoms with E-state index in [1.807, 2.05) is 6.92 Å². The molecule has 0 radical (unpaired) electrons. The van der Waals surface area contributed by atoms with Crippen LogP contribution in [0.2, 0.25) is 0 Å². The fraction of sp³-hybridized carbons (Fsp3) is 1.00. The fourth-order valence-corrected chi connectivity index (χ4v) is 2.07. The molecule has 3 unspecified atom stereocenters. The monoisotopic (exact) mass is 215 g/mol. The molecule has 1 saturated heterocycles. The van der Waals surface area contributed by atoms with E-state index in [4.69, 9.17) is 0 Å². The Bertz CT molecular complexity index is 204. The highest BCUT2D eigenvalue weighted by molar-refractivity contribution is 4.83. The normalized spacial score (nSPS) is 31.6. The zero-order chi connectivity index (χ0) is 11.6. The van der Waals surface area contributed by atoms with Crippen molar-refractivity contribution in [1.29, 1.82) is 0 Å². The van der Waals surface area contributed by atoms with Gasteiger partial charge in [0.2, 0.25) is 0 Å². The molecule has 0 amide bonds. The van der Waals surface area contributed by atoms with E-state index in [9.17, 15) is 10.2 Å². The van der Waals surface area contributed by atoms with Crippen LogP contribution in [0.3, 0.4) is 0 Å². The lowest BCUT2D eigenvalue weighted by molar-refractivity contribution is -0.00863. The summed E-state index contributed by atoms with van der Waals surface area (Å²) in [7, 11) is 0. The Morgan fingerprint density at radius 1 is 1.47 bits per heavy atom. The van der Waals surface area contributed by atoms with Crippen LogP contribution in [-0.4, -0.2) is 47.0 Å². The van der Waals surface area contributed by atoms with Crippen LogP contribution in [0.4, 0.5) is 0 Å². The molecule has 0 aliphatic carbocycles. The Hall–Kier alpha value is -0.120. The molecule has 1 rings (SSSR count). The summed E-state index contributed by atoms with van der Waals surface area (Å²) in [6.45, 7) is 10.9. The summed E-state index contributed by atoms with van der Waals surface area (Å²) in [6.07, 6.45) is 0.424. The predicted molar refractivity (Wildman–Crippen MR) is 61.7 cm³/mol. The van der Waals surface area contributed by atoms with Gasteiger partial charge in [0.05, 0.1) is 12.2 Å². The van der Waals surface area contributed by atoms with E-state index in [1.54, 1.807) is 0 Å². The summed E-state index contributed by atoms with van der Waals surface area (Å²) in [6, 6.07) is 0. The molecule has 1 aliphatic heterocycles. The maximum Gasteiger partial charge on any atom is 0.0590 e. The van der Waals surface area contributed by atoms with Crippen LogP contribution in [0.25, 0.3) is 0 Å². The molecule has 15 heavy (non-hydrogen) atoms. The van der Waals surface area contributed by atoms with Crippen molar-refractivity contribution in [3.8, 4) is 0 Å². The minimum atomic E-state index is -0.292. The van der Waals surface area contributed by atoms with E-state index in [-0.39, 0.29) is 17.6 Å². The molecule has 3 nitrogen and oxygen atoms in total. The molecule has 3 heteroatoms. The van der Waals surface area contributed by atoms with Gasteiger partial charge in [0.15, 0.2) is 0 Å². The van der Waals surface area contributed by atoms with E-state index >= 15 is 0 Å². The van der Waals surface area contributed by atoms with Crippen LogP contribution >= 0.6 is 0 Å². The third-order valence-electron chi connectivity index (χ3n) is 3.71. The minimum absolute atomic E-state index is 0.0674. The summed E-state index contributed by atoms with van der Waals surface area (Å²) in [5.74, 6) is 0.351. The van der Waals surface area contributed by atoms with E-state index in [0.717, 1.165) is 26.1 Å². The molecule has 0 spiro atoms. The highest BCUT2D eigenvalue weighted by atomic mass is 16.3. The molecular formula is C12H25NO2. The maximum absolute atomic E-state index is 9.65. The molecule has 3 atom stereocenters. The van der Waals surface area contributed by atoms with Crippen molar-refractivity contribution in [2.24, 2.45) is 11.3 Å². The predicted octanol–water partition coefficient (Wildman–Crippen LogP) is 1.10. The van der Waals surface area contributed by atoms with E-state index < -0.39 is 0 Å². The van der Waals surface area contributed by atoms with Crippen molar-refractivity contribution < 1.29 is 10.2 Å². The van der Waals surface area contributed by atoms with Crippen molar-refractivity contribution in [1.82, 2.24) is 4.90 Å². The third-order valence-corrected chi connectivity index (χ3v) is 3.71. The molecule has 0 aromatic carbocycles. The summed E-state index contributed by atoms with van der Waals surface area (Å²) in [5, 5.41) is 19.3. The SMILES string of the molecule is CC1CN(CC(C)(C)C(C)O)CCC1O. The van der Waals surface area contributed by atoms with Gasteiger partial charge in [-0.05, 0) is 19.3 Å². The highest BCUT2D eigenvalue weighted by Gasteiger charge is 2.31. The summed E-state index contributed by atoms with van der Waals surface area (Å²) >= 11 is 0. The Balaban J connectivity index is 2.46. The van der Waals surface area contributed by atoms with Crippen molar-refractivity contribution in [3.63, 3.8) is 0 Å². The van der Waals surface area contributed by atoms with Crippen LogP contribution in [0, 0.1) is 11.3 Å². The number of nitrogens with zero attached hydrogens (tertiary/aromatic N) is 1. The molecular weight excluding hydrogens is 190 g/mol. The second-order valence-electron chi connectivity index (χ2n) is 5.73. The number of hydrogen-bond donors (Lipinski definition) is 2. The minimum Gasteiger partial charge on any atom is -0.393 e. The summed E-state index contributed by atoms with van der Waals surface area (Å²) in [4.78, 5) is 2.35. The van der Waals surface area contributed by atoms with Gasteiger partial charge >= 0.3 is 0 Å². The van der Waals surface area contributed by atoms with Gasteiger partial charge < -0.3 is 15.1 Å². The molecule has 0 bridgehead atoms. The molecule has 90 valence electrons. The smallest absolute Gasteiger partial charge is 0.0590 e. The van der Waals surface area contributed by atoms with Crippen molar-refractivity contribution in [3.05, 3.63) is 0 Å². The molecule has 0 saturated carbocycles. The van der Waals surface area contributed by atoms with E-state index in [2.05, 4.69) is 25.7 Å². The van der Waals surface area contributed by atoms with Gasteiger partial charge in [-0.25, -0.2) is 0 Å². The Morgan fingerprint density at radius 2 is 2.07 bits per heavy atom. The molecule has 2 N–H and O–H groups in total. The molecule has 0 aromatic heterocycles. The lowest BCUT2D eigenvalue weighted by Crippen LogP contribution is -2.47. The van der Waals surface area contributed by atoms with Gasteiger partial charge in [0, 0.05) is 25.0 Å². The Kier molecular flexibility index (Phi) is 4.15. The number of likely N-dealkylation sites (tertiary alicyclic amines) is 1. The van der Waals surface area contributed by atoms with Gasteiger partial charge in [0.25, 0.3) is 0 Å². The van der Waals surface area contributed by atoms with Crippen LogP contribution < -0.4 is 0 Å². The number of hydrogen-bond acceptors (Lipinski definition) is 3. The lowest BCUT2D eigenvalue weighted by atomic mass is 9.85. The van der Waals surface area contributed by atoms with Crippen molar-refractivity contribution in [2.75, 3.05) is 19.6 Å². The molecule has 1 aliphatic rings. The fourth-order valence-electron chi connectivity index (χ4n) is 2.07. The number of aliphatic hydroxyl groups excluding tert-OH is 2. The average Bonchev–Trinajstić information content (AvgIpc) is 2.10. The second kappa shape index (κ2) is 4.81. The van der Waals surface area contributed by atoms with Crippen molar-refractivity contribution >= 4 is 0 Å².